The molecule has 5 rings (SSSR count). The molecule has 1 atom stereocenters. The maximum atomic E-state index is 13.9. The zero-order valence-corrected chi connectivity index (χ0v) is 24.7. The highest BCUT2D eigenvalue weighted by Gasteiger charge is 2.36. The largest absolute Gasteiger partial charge is 0.352 e. The number of hydrogen-bond acceptors (Lipinski definition) is 4. The van der Waals surface area contributed by atoms with Gasteiger partial charge in [0.15, 0.2) is 0 Å². The fourth-order valence-corrected chi connectivity index (χ4v) is 6.20. The van der Waals surface area contributed by atoms with Crippen LogP contribution in [-0.2, 0) is 22.6 Å². The summed E-state index contributed by atoms with van der Waals surface area (Å²) >= 11 is 12.7. The number of halogens is 2. The van der Waals surface area contributed by atoms with Crippen molar-refractivity contribution in [3.63, 3.8) is 0 Å². The third kappa shape index (κ3) is 6.85. The maximum Gasteiger partial charge on any atom is 0.261 e. The third-order valence-electron chi connectivity index (χ3n) is 7.98. The van der Waals surface area contributed by atoms with E-state index in [9.17, 15) is 19.2 Å². The Bertz CT molecular complexity index is 1440. The highest BCUT2D eigenvalue weighted by molar-refractivity contribution is 6.35. The van der Waals surface area contributed by atoms with Crippen molar-refractivity contribution in [2.24, 2.45) is 0 Å². The van der Waals surface area contributed by atoms with Crippen molar-refractivity contribution < 1.29 is 19.2 Å². The molecule has 7 nitrogen and oxygen atoms in total. The van der Waals surface area contributed by atoms with Crippen molar-refractivity contribution in [1.82, 2.24) is 15.1 Å². The molecule has 0 saturated heterocycles. The van der Waals surface area contributed by atoms with Crippen LogP contribution in [0.5, 0.6) is 0 Å². The summed E-state index contributed by atoms with van der Waals surface area (Å²) in [6, 6.07) is 20.7. The number of rotatable bonds is 11. The summed E-state index contributed by atoms with van der Waals surface area (Å²) in [7, 11) is 0. The summed E-state index contributed by atoms with van der Waals surface area (Å²) in [6.45, 7) is 0.211. The monoisotopic (exact) mass is 605 g/mol. The molecule has 1 fully saturated rings. The van der Waals surface area contributed by atoms with Crippen molar-refractivity contribution in [1.29, 1.82) is 0 Å². The van der Waals surface area contributed by atoms with E-state index in [1.54, 1.807) is 47.4 Å². The minimum Gasteiger partial charge on any atom is -0.352 e. The second-order valence-corrected chi connectivity index (χ2v) is 11.7. The molecule has 1 aliphatic carbocycles. The van der Waals surface area contributed by atoms with E-state index in [-0.39, 0.29) is 55.6 Å². The standard InChI is InChI=1S/C33H33Cl2N3O4/c34-24-17-16-23(28(35)20-24)21-38(29(19-22-9-2-1-3-10-22)31(40)36-25-11-4-5-12-25)30(39)15-8-18-37-32(41)26-13-6-7-14-27(26)33(37)42/h1-3,6-7,9-10,13-14,16-17,20,25,29H,4-5,8,11-12,15,18-19,21H2,(H,36,40). The number of carbonyl (C=O) groups excluding carboxylic acids is 4. The van der Waals surface area contributed by atoms with Crippen LogP contribution in [0.15, 0.2) is 72.8 Å². The Labute approximate surface area is 255 Å². The molecule has 1 aliphatic heterocycles. The molecule has 1 unspecified atom stereocenters. The van der Waals surface area contributed by atoms with Crippen molar-refractivity contribution in [2.45, 2.75) is 63.6 Å². The number of nitrogens with zero attached hydrogens (tertiary/aromatic N) is 2. The molecule has 3 aromatic rings. The molecule has 0 radical (unpaired) electrons. The van der Waals surface area contributed by atoms with E-state index in [0.717, 1.165) is 31.2 Å². The number of imide groups is 1. The topological polar surface area (TPSA) is 86.8 Å². The number of fused-ring (bicyclic) bond motifs is 1. The molecule has 1 heterocycles. The first-order chi connectivity index (χ1) is 20.3. The molecule has 1 N–H and O–H groups in total. The summed E-state index contributed by atoms with van der Waals surface area (Å²) < 4.78 is 0. The predicted octanol–water partition coefficient (Wildman–Crippen LogP) is 6.07. The molecule has 42 heavy (non-hydrogen) atoms. The first-order valence-corrected chi connectivity index (χ1v) is 15.1. The summed E-state index contributed by atoms with van der Waals surface area (Å²) in [5.74, 6) is -1.18. The second kappa shape index (κ2) is 13.5. The summed E-state index contributed by atoms with van der Waals surface area (Å²) in [6.07, 6.45) is 4.60. The highest BCUT2D eigenvalue weighted by atomic mass is 35.5. The molecule has 4 amide bonds. The Balaban J connectivity index is 1.37. The van der Waals surface area contributed by atoms with Crippen molar-refractivity contribution in [3.05, 3.63) is 105 Å². The van der Waals surface area contributed by atoms with Gasteiger partial charge >= 0.3 is 0 Å². The summed E-state index contributed by atoms with van der Waals surface area (Å²) in [5, 5.41) is 4.06. The van der Waals surface area contributed by atoms with Crippen LogP contribution in [0.4, 0.5) is 0 Å². The lowest BCUT2D eigenvalue weighted by molar-refractivity contribution is -0.141. The highest BCUT2D eigenvalue weighted by Crippen LogP contribution is 2.26. The first-order valence-electron chi connectivity index (χ1n) is 14.3. The minimum absolute atomic E-state index is 0.0423. The van der Waals surface area contributed by atoms with Crippen LogP contribution in [0.1, 0.15) is 70.4 Å². The van der Waals surface area contributed by atoms with E-state index < -0.39 is 6.04 Å². The van der Waals surface area contributed by atoms with E-state index in [0.29, 0.717) is 33.2 Å². The van der Waals surface area contributed by atoms with Gasteiger partial charge in [0.2, 0.25) is 11.8 Å². The maximum absolute atomic E-state index is 13.9. The van der Waals surface area contributed by atoms with E-state index in [2.05, 4.69) is 5.32 Å². The van der Waals surface area contributed by atoms with Gasteiger partial charge in [-0.3, -0.25) is 24.1 Å². The number of carbonyl (C=O) groups is 4. The number of amides is 4. The second-order valence-electron chi connectivity index (χ2n) is 10.9. The van der Waals surface area contributed by atoms with Crippen LogP contribution < -0.4 is 5.32 Å². The van der Waals surface area contributed by atoms with Gasteiger partial charge in [0.25, 0.3) is 11.8 Å². The Kier molecular flexibility index (Phi) is 9.60. The van der Waals surface area contributed by atoms with Crippen molar-refractivity contribution in [3.8, 4) is 0 Å². The SMILES string of the molecule is O=C(NC1CCCC1)C(Cc1ccccc1)N(Cc1ccc(Cl)cc1Cl)C(=O)CCCN1C(=O)c2ccccc2C1=O. The third-order valence-corrected chi connectivity index (χ3v) is 8.57. The molecule has 0 aromatic heterocycles. The van der Waals surface area contributed by atoms with Crippen molar-refractivity contribution in [2.75, 3.05) is 6.54 Å². The van der Waals surface area contributed by atoms with Gasteiger partial charge in [-0.1, -0.05) is 84.6 Å². The molecule has 0 bridgehead atoms. The van der Waals surface area contributed by atoms with E-state index in [4.69, 9.17) is 23.2 Å². The van der Waals surface area contributed by atoms with Crippen molar-refractivity contribution >= 4 is 46.8 Å². The van der Waals surface area contributed by atoms with Gasteiger partial charge in [-0.05, 0) is 54.7 Å². The molecule has 0 spiro atoms. The van der Waals surface area contributed by atoms with Crippen LogP contribution in [-0.4, -0.2) is 52.1 Å². The van der Waals surface area contributed by atoms with Crippen LogP contribution in [0.3, 0.4) is 0 Å². The van der Waals surface area contributed by atoms with E-state index >= 15 is 0 Å². The fourth-order valence-electron chi connectivity index (χ4n) is 5.73. The number of hydrogen-bond donors (Lipinski definition) is 1. The smallest absolute Gasteiger partial charge is 0.261 e. The molecule has 218 valence electrons. The molecular weight excluding hydrogens is 573 g/mol. The lowest BCUT2D eigenvalue weighted by atomic mass is 10.0. The fraction of sp³-hybridized carbons (Fsp3) is 0.333. The zero-order chi connectivity index (χ0) is 29.6. The molecule has 2 aliphatic rings. The molecular formula is C33H33Cl2N3O4. The first kappa shape index (κ1) is 29.8. The summed E-state index contributed by atoms with van der Waals surface area (Å²) in [5.41, 5.74) is 2.34. The van der Waals surface area contributed by atoms with Gasteiger partial charge in [-0.15, -0.1) is 0 Å². The average Bonchev–Trinajstić information content (AvgIpc) is 3.58. The van der Waals surface area contributed by atoms with E-state index in [1.807, 2.05) is 30.3 Å². The van der Waals surface area contributed by atoms with Gasteiger partial charge in [-0.2, -0.15) is 0 Å². The Morgan fingerprint density at radius 2 is 1.55 bits per heavy atom. The van der Waals surface area contributed by atoms with E-state index in [1.165, 1.54) is 4.90 Å². The predicted molar refractivity (Wildman–Crippen MR) is 162 cm³/mol. The number of benzene rings is 3. The van der Waals surface area contributed by atoms with Crippen LogP contribution in [0.2, 0.25) is 10.0 Å². The van der Waals surface area contributed by atoms with Gasteiger partial charge < -0.3 is 10.2 Å². The Morgan fingerprint density at radius 3 is 2.19 bits per heavy atom. The van der Waals surface area contributed by atoms with Gasteiger partial charge in [-0.25, -0.2) is 0 Å². The van der Waals surface area contributed by atoms with Crippen LogP contribution in [0, 0.1) is 0 Å². The lowest BCUT2D eigenvalue weighted by Gasteiger charge is -2.33. The molecule has 9 heteroatoms. The molecule has 3 aromatic carbocycles. The zero-order valence-electron chi connectivity index (χ0n) is 23.2. The van der Waals surface area contributed by atoms with Crippen LogP contribution in [0.25, 0.3) is 0 Å². The normalized spacial score (nSPS) is 15.5. The Morgan fingerprint density at radius 1 is 0.905 bits per heavy atom. The Hall–Kier alpha value is -3.68. The minimum atomic E-state index is -0.786. The van der Waals surface area contributed by atoms with Gasteiger partial charge in [0.05, 0.1) is 11.1 Å². The van der Waals surface area contributed by atoms with Gasteiger partial charge in [0.1, 0.15) is 6.04 Å². The van der Waals surface area contributed by atoms with Crippen LogP contribution >= 0.6 is 23.2 Å². The average molecular weight is 607 g/mol. The van der Waals surface area contributed by atoms with Gasteiger partial charge in [0, 0.05) is 42.0 Å². The quantitative estimate of drug-likeness (QED) is 0.269. The molecule has 1 saturated carbocycles. The number of nitrogens with one attached hydrogen (secondary N) is 1. The lowest BCUT2D eigenvalue weighted by Crippen LogP contribution is -2.52. The summed E-state index contributed by atoms with van der Waals surface area (Å²) in [4.78, 5) is 56.2.